The highest BCUT2D eigenvalue weighted by atomic mass is 35.5. The maximum absolute atomic E-state index is 10.2. The number of hydrogen-bond acceptors (Lipinski definition) is 5. The lowest BCUT2D eigenvalue weighted by Gasteiger charge is -1.84. The molecule has 7 heteroatoms. The number of hydrogen-bond donors (Lipinski definition) is 1. The van der Waals surface area contributed by atoms with Crippen molar-refractivity contribution in [3.05, 3.63) is 29.3 Å². The van der Waals surface area contributed by atoms with Crippen molar-refractivity contribution in [1.82, 2.24) is 10.2 Å². The predicted molar refractivity (Wildman–Crippen MR) is 53.7 cm³/mol. The molecule has 0 radical (unpaired) electrons. The van der Waals surface area contributed by atoms with Crippen molar-refractivity contribution in [2.24, 2.45) is 0 Å². The smallest absolute Gasteiger partial charge is 0.328 e. The van der Waals surface area contributed by atoms with Gasteiger partial charge < -0.3 is 13.9 Å². The predicted octanol–water partition coefficient (Wildman–Crippen LogP) is 2.08. The molecule has 0 fully saturated rings. The summed E-state index contributed by atoms with van der Waals surface area (Å²) >= 11 is 5.57. The zero-order valence-electron chi connectivity index (χ0n) is 7.75. The summed E-state index contributed by atoms with van der Waals surface area (Å²) in [4.78, 5) is 10.2. The van der Waals surface area contributed by atoms with Gasteiger partial charge in [-0.2, -0.15) is 0 Å². The maximum atomic E-state index is 10.2. The molecule has 0 aliphatic carbocycles. The van der Waals surface area contributed by atoms with Crippen LogP contribution < -0.4 is 0 Å². The highest BCUT2D eigenvalue weighted by Crippen LogP contribution is 2.23. The summed E-state index contributed by atoms with van der Waals surface area (Å²) in [6, 6.07) is 3.11. The van der Waals surface area contributed by atoms with Crippen LogP contribution in [0.1, 0.15) is 5.89 Å². The van der Waals surface area contributed by atoms with E-state index in [1.165, 1.54) is 12.1 Å². The molecule has 0 aliphatic rings. The minimum Gasteiger partial charge on any atom is -0.478 e. The van der Waals surface area contributed by atoms with Gasteiger partial charge in [-0.15, -0.1) is 10.2 Å². The van der Waals surface area contributed by atoms with Crippen molar-refractivity contribution >= 4 is 23.6 Å². The summed E-state index contributed by atoms with van der Waals surface area (Å²) in [5.74, 6) is -0.560. The van der Waals surface area contributed by atoms with E-state index >= 15 is 0 Å². The third-order valence-electron chi connectivity index (χ3n) is 1.59. The first-order valence-corrected chi connectivity index (χ1v) is 4.53. The Morgan fingerprint density at radius 2 is 2.19 bits per heavy atom. The Kier molecular flexibility index (Phi) is 2.74. The van der Waals surface area contributed by atoms with Gasteiger partial charge in [0.25, 0.3) is 5.89 Å². The Morgan fingerprint density at radius 1 is 1.38 bits per heavy atom. The van der Waals surface area contributed by atoms with E-state index in [0.717, 1.165) is 6.08 Å². The fourth-order valence-corrected chi connectivity index (χ4v) is 1.12. The van der Waals surface area contributed by atoms with Gasteiger partial charge in [0, 0.05) is 12.2 Å². The average molecular weight is 241 g/mol. The van der Waals surface area contributed by atoms with Gasteiger partial charge in [-0.25, -0.2) is 4.79 Å². The van der Waals surface area contributed by atoms with Crippen LogP contribution >= 0.6 is 11.6 Å². The van der Waals surface area contributed by atoms with Crippen molar-refractivity contribution in [2.75, 3.05) is 0 Å². The molecule has 0 saturated heterocycles. The molecule has 2 aromatic heterocycles. The monoisotopic (exact) mass is 240 g/mol. The molecule has 6 nitrogen and oxygen atoms in total. The molecular weight excluding hydrogens is 236 g/mol. The second-order valence-corrected chi connectivity index (χ2v) is 3.09. The number of nitrogens with zero attached hydrogens (tertiary/aromatic N) is 2. The lowest BCUT2D eigenvalue weighted by molar-refractivity contribution is -0.131. The fraction of sp³-hybridized carbons (Fsp3) is 0. The summed E-state index contributed by atoms with van der Waals surface area (Å²) < 4.78 is 10.1. The molecule has 0 amide bonds. The van der Waals surface area contributed by atoms with Gasteiger partial charge in [0.15, 0.2) is 11.0 Å². The lowest BCUT2D eigenvalue weighted by Crippen LogP contribution is -1.85. The van der Waals surface area contributed by atoms with Crippen LogP contribution in [0.15, 0.2) is 27.0 Å². The Labute approximate surface area is 94.1 Å². The molecular formula is C9H5ClN2O4. The minimum absolute atomic E-state index is 0.0740. The Morgan fingerprint density at radius 3 is 2.81 bits per heavy atom. The molecule has 2 heterocycles. The van der Waals surface area contributed by atoms with Crippen LogP contribution in [0.2, 0.25) is 5.22 Å². The number of aliphatic carboxylic acids is 1. The maximum Gasteiger partial charge on any atom is 0.328 e. The Hall–Kier alpha value is -2.08. The van der Waals surface area contributed by atoms with E-state index in [4.69, 9.17) is 25.5 Å². The molecule has 82 valence electrons. The standard InChI is InChI=1S/C9H5ClN2O4/c10-6-2-1-5(15-6)9-12-11-7(16-9)3-4-8(13)14/h1-4H,(H,13,14)/b4-3+. The first-order valence-electron chi connectivity index (χ1n) is 4.15. The van der Waals surface area contributed by atoms with Gasteiger partial charge >= 0.3 is 5.97 Å². The van der Waals surface area contributed by atoms with Crippen molar-refractivity contribution in [2.45, 2.75) is 0 Å². The van der Waals surface area contributed by atoms with E-state index in [2.05, 4.69) is 10.2 Å². The van der Waals surface area contributed by atoms with Crippen LogP contribution in [-0.4, -0.2) is 21.3 Å². The largest absolute Gasteiger partial charge is 0.478 e. The molecule has 2 rings (SSSR count). The molecule has 0 atom stereocenters. The number of carboxylic acids is 1. The van der Waals surface area contributed by atoms with E-state index in [0.29, 0.717) is 5.76 Å². The highest BCUT2D eigenvalue weighted by molar-refractivity contribution is 6.28. The fourth-order valence-electron chi connectivity index (χ4n) is 0.973. The summed E-state index contributed by atoms with van der Waals surface area (Å²) in [7, 11) is 0. The van der Waals surface area contributed by atoms with Gasteiger partial charge in [-0.3, -0.25) is 0 Å². The van der Waals surface area contributed by atoms with Gasteiger partial charge in [0.2, 0.25) is 5.89 Å². The number of halogens is 1. The van der Waals surface area contributed by atoms with Crippen LogP contribution in [0.3, 0.4) is 0 Å². The molecule has 0 aromatic carbocycles. The summed E-state index contributed by atoms with van der Waals surface area (Å²) in [6.07, 6.45) is 2.08. The summed E-state index contributed by atoms with van der Waals surface area (Å²) in [6.45, 7) is 0. The molecule has 0 aliphatic heterocycles. The summed E-state index contributed by atoms with van der Waals surface area (Å²) in [5.41, 5.74) is 0. The zero-order valence-corrected chi connectivity index (χ0v) is 8.51. The van der Waals surface area contributed by atoms with Crippen molar-refractivity contribution in [1.29, 1.82) is 0 Å². The van der Waals surface area contributed by atoms with E-state index in [1.807, 2.05) is 0 Å². The van der Waals surface area contributed by atoms with E-state index in [9.17, 15) is 4.79 Å². The first kappa shape index (κ1) is 10.4. The number of furan rings is 1. The third kappa shape index (κ3) is 2.29. The summed E-state index contributed by atoms with van der Waals surface area (Å²) in [5, 5.41) is 15.9. The van der Waals surface area contributed by atoms with Crippen LogP contribution in [0.25, 0.3) is 17.7 Å². The van der Waals surface area contributed by atoms with Crippen molar-refractivity contribution in [3.63, 3.8) is 0 Å². The molecule has 1 N–H and O–H groups in total. The van der Waals surface area contributed by atoms with Gasteiger partial charge in [-0.05, 0) is 23.7 Å². The molecule has 2 aromatic rings. The first-order chi connectivity index (χ1) is 7.65. The second-order valence-electron chi connectivity index (χ2n) is 2.72. The molecule has 0 saturated carbocycles. The lowest BCUT2D eigenvalue weighted by atomic mass is 10.4. The SMILES string of the molecule is O=C(O)/C=C/c1nnc(-c2ccc(Cl)o2)o1. The van der Waals surface area contributed by atoms with Gasteiger partial charge in [0.1, 0.15) is 0 Å². The second kappa shape index (κ2) is 4.19. The van der Waals surface area contributed by atoms with E-state index in [1.54, 1.807) is 6.07 Å². The van der Waals surface area contributed by atoms with Crippen LogP contribution in [0, 0.1) is 0 Å². The average Bonchev–Trinajstić information content (AvgIpc) is 2.83. The normalized spacial score (nSPS) is 11.1. The van der Waals surface area contributed by atoms with Crippen LogP contribution in [0.4, 0.5) is 0 Å². The van der Waals surface area contributed by atoms with Crippen molar-refractivity contribution < 1.29 is 18.7 Å². The third-order valence-corrected chi connectivity index (χ3v) is 1.80. The Bertz CT molecular complexity index is 543. The van der Waals surface area contributed by atoms with Crippen molar-refractivity contribution in [3.8, 4) is 11.7 Å². The molecule has 0 spiro atoms. The number of rotatable bonds is 3. The van der Waals surface area contributed by atoms with E-state index in [-0.39, 0.29) is 17.0 Å². The van der Waals surface area contributed by atoms with Crippen LogP contribution in [0.5, 0.6) is 0 Å². The minimum atomic E-state index is -1.10. The molecule has 0 bridgehead atoms. The number of aromatic nitrogens is 2. The highest BCUT2D eigenvalue weighted by Gasteiger charge is 2.10. The number of carboxylic acid groups (broad SMARTS) is 1. The van der Waals surface area contributed by atoms with Gasteiger partial charge in [-0.1, -0.05) is 0 Å². The quantitative estimate of drug-likeness (QED) is 0.826. The molecule has 16 heavy (non-hydrogen) atoms. The number of carbonyl (C=O) groups is 1. The zero-order chi connectivity index (χ0) is 11.5. The van der Waals surface area contributed by atoms with Crippen LogP contribution in [-0.2, 0) is 4.79 Å². The molecule has 0 unspecified atom stereocenters. The topological polar surface area (TPSA) is 89.4 Å². The van der Waals surface area contributed by atoms with E-state index < -0.39 is 5.97 Å². The Balaban J connectivity index is 2.23. The van der Waals surface area contributed by atoms with Gasteiger partial charge in [0.05, 0.1) is 0 Å².